The minimum absolute atomic E-state index is 0.299. The second-order valence-corrected chi connectivity index (χ2v) is 6.20. The Labute approximate surface area is 135 Å². The van der Waals surface area contributed by atoms with E-state index in [4.69, 9.17) is 27.9 Å². The van der Waals surface area contributed by atoms with Gasteiger partial charge in [0.25, 0.3) is 0 Å². The van der Waals surface area contributed by atoms with E-state index in [2.05, 4.69) is 17.4 Å². The Morgan fingerprint density at radius 1 is 1.10 bits per heavy atom. The van der Waals surface area contributed by atoms with Crippen LogP contribution in [-0.2, 0) is 0 Å². The van der Waals surface area contributed by atoms with E-state index in [1.54, 1.807) is 7.11 Å². The van der Waals surface area contributed by atoms with E-state index in [-0.39, 0.29) is 0 Å². The van der Waals surface area contributed by atoms with Crippen LogP contribution in [-0.4, -0.2) is 7.11 Å². The Kier molecular flexibility index (Phi) is 4.27. The molecule has 0 bridgehead atoms. The molecule has 1 unspecified atom stereocenters. The predicted octanol–water partition coefficient (Wildman–Crippen LogP) is 5.57. The minimum atomic E-state index is 0.299. The van der Waals surface area contributed by atoms with Gasteiger partial charge in [-0.25, -0.2) is 0 Å². The van der Waals surface area contributed by atoms with Gasteiger partial charge in [0.1, 0.15) is 5.75 Å². The van der Waals surface area contributed by atoms with Crippen LogP contribution >= 0.6 is 23.2 Å². The summed E-state index contributed by atoms with van der Waals surface area (Å²) in [5.74, 6) is 1.36. The first kappa shape index (κ1) is 14.6. The van der Waals surface area contributed by atoms with Crippen molar-refractivity contribution in [3.63, 3.8) is 0 Å². The van der Waals surface area contributed by atoms with Crippen LogP contribution in [0.1, 0.15) is 24.4 Å². The molecule has 110 valence electrons. The molecule has 1 fully saturated rings. The van der Waals surface area contributed by atoms with Crippen LogP contribution in [0.2, 0.25) is 10.0 Å². The number of ether oxygens (including phenoxy) is 1. The molecular weight excluding hydrogens is 305 g/mol. The minimum Gasteiger partial charge on any atom is -0.495 e. The Hall–Kier alpha value is -1.38. The molecule has 21 heavy (non-hydrogen) atoms. The fourth-order valence-electron chi connectivity index (χ4n) is 2.50. The first-order chi connectivity index (χ1) is 10.2. The highest BCUT2D eigenvalue weighted by Gasteiger charge is 2.32. The zero-order chi connectivity index (χ0) is 14.8. The van der Waals surface area contributed by atoms with Crippen molar-refractivity contribution in [2.75, 3.05) is 12.4 Å². The van der Waals surface area contributed by atoms with Gasteiger partial charge in [-0.1, -0.05) is 35.3 Å². The molecular formula is C17H17Cl2NO. The topological polar surface area (TPSA) is 21.3 Å². The molecule has 2 aromatic carbocycles. The summed E-state index contributed by atoms with van der Waals surface area (Å²) < 4.78 is 5.28. The number of anilines is 1. The lowest BCUT2D eigenvalue weighted by atomic mass is 10.0. The summed E-state index contributed by atoms with van der Waals surface area (Å²) in [6.07, 6.45) is 2.51. The molecule has 0 radical (unpaired) electrons. The standard InChI is InChI=1S/C17H17Cl2NO/c1-21-16-10-14(8-9-15(16)19)20-17(11-2-3-11)12-4-6-13(18)7-5-12/h4-11,17,20H,2-3H2,1H3. The van der Waals surface area contributed by atoms with Gasteiger partial charge >= 0.3 is 0 Å². The highest BCUT2D eigenvalue weighted by Crippen LogP contribution is 2.43. The summed E-state index contributed by atoms with van der Waals surface area (Å²) >= 11 is 12.1. The maximum atomic E-state index is 6.07. The number of nitrogens with one attached hydrogen (secondary N) is 1. The highest BCUT2D eigenvalue weighted by atomic mass is 35.5. The van der Waals surface area contributed by atoms with Crippen LogP contribution in [0.3, 0.4) is 0 Å². The number of methoxy groups -OCH3 is 1. The molecule has 0 amide bonds. The van der Waals surface area contributed by atoms with Gasteiger partial charge in [-0.15, -0.1) is 0 Å². The Morgan fingerprint density at radius 2 is 1.81 bits per heavy atom. The molecule has 1 N–H and O–H groups in total. The number of hydrogen-bond donors (Lipinski definition) is 1. The maximum absolute atomic E-state index is 6.07. The summed E-state index contributed by atoms with van der Waals surface area (Å²) in [6, 6.07) is 14.1. The van der Waals surface area contributed by atoms with Gasteiger partial charge in [-0.05, 0) is 48.6 Å². The van der Waals surface area contributed by atoms with Gasteiger partial charge in [-0.3, -0.25) is 0 Å². The van der Waals surface area contributed by atoms with Gasteiger partial charge in [0.05, 0.1) is 18.2 Å². The SMILES string of the molecule is COc1cc(NC(c2ccc(Cl)cc2)C2CC2)ccc1Cl. The van der Waals surface area contributed by atoms with Crippen LogP contribution in [0.25, 0.3) is 0 Å². The van der Waals surface area contributed by atoms with Gasteiger partial charge in [0, 0.05) is 16.8 Å². The molecule has 0 spiro atoms. The third kappa shape index (κ3) is 3.45. The van der Waals surface area contributed by atoms with Crippen LogP contribution in [0.4, 0.5) is 5.69 Å². The van der Waals surface area contributed by atoms with Crippen LogP contribution in [0, 0.1) is 5.92 Å². The monoisotopic (exact) mass is 321 g/mol. The average molecular weight is 322 g/mol. The number of hydrogen-bond acceptors (Lipinski definition) is 2. The molecule has 2 aromatic rings. The van der Waals surface area contributed by atoms with Crippen LogP contribution in [0.5, 0.6) is 5.75 Å². The largest absolute Gasteiger partial charge is 0.495 e. The highest BCUT2D eigenvalue weighted by molar-refractivity contribution is 6.32. The first-order valence-electron chi connectivity index (χ1n) is 7.03. The van der Waals surface area contributed by atoms with Crippen LogP contribution in [0.15, 0.2) is 42.5 Å². The fraction of sp³-hybridized carbons (Fsp3) is 0.294. The van der Waals surface area contributed by atoms with Gasteiger partial charge in [0.15, 0.2) is 0 Å². The molecule has 0 aliphatic heterocycles. The molecule has 1 atom stereocenters. The van der Waals surface area contributed by atoms with Crippen molar-refractivity contribution in [3.8, 4) is 5.75 Å². The second kappa shape index (κ2) is 6.17. The lowest BCUT2D eigenvalue weighted by Crippen LogP contribution is -2.12. The second-order valence-electron chi connectivity index (χ2n) is 5.36. The van der Waals surface area contributed by atoms with Crippen molar-refractivity contribution < 1.29 is 4.74 Å². The van der Waals surface area contributed by atoms with E-state index in [1.165, 1.54) is 18.4 Å². The lowest BCUT2D eigenvalue weighted by molar-refractivity contribution is 0.415. The van der Waals surface area contributed by atoms with Gasteiger partial charge < -0.3 is 10.1 Å². The van der Waals surface area contributed by atoms with E-state index in [0.717, 1.165) is 10.7 Å². The molecule has 0 heterocycles. The molecule has 0 saturated heterocycles. The van der Waals surface area contributed by atoms with E-state index < -0.39 is 0 Å². The summed E-state index contributed by atoms with van der Waals surface area (Å²) in [6.45, 7) is 0. The first-order valence-corrected chi connectivity index (χ1v) is 7.78. The van der Waals surface area contributed by atoms with Gasteiger partial charge in [-0.2, -0.15) is 0 Å². The molecule has 4 heteroatoms. The molecule has 1 saturated carbocycles. The molecule has 2 nitrogen and oxygen atoms in total. The summed E-state index contributed by atoms with van der Waals surface area (Å²) in [7, 11) is 1.63. The summed E-state index contributed by atoms with van der Waals surface area (Å²) in [5, 5.41) is 4.98. The summed E-state index contributed by atoms with van der Waals surface area (Å²) in [5.41, 5.74) is 2.28. The molecule has 1 aliphatic rings. The normalized spacial score (nSPS) is 15.6. The molecule has 3 rings (SSSR count). The van der Waals surface area contributed by atoms with Crippen molar-refractivity contribution in [3.05, 3.63) is 58.1 Å². The van der Waals surface area contributed by atoms with E-state index >= 15 is 0 Å². The van der Waals surface area contributed by atoms with Crippen molar-refractivity contribution in [2.24, 2.45) is 5.92 Å². The maximum Gasteiger partial charge on any atom is 0.139 e. The molecule has 0 aromatic heterocycles. The quantitative estimate of drug-likeness (QED) is 0.777. The number of halogens is 2. The third-order valence-electron chi connectivity index (χ3n) is 3.80. The lowest BCUT2D eigenvalue weighted by Gasteiger charge is -2.21. The Morgan fingerprint density at radius 3 is 2.43 bits per heavy atom. The Balaban J connectivity index is 1.84. The number of rotatable bonds is 5. The van der Waals surface area contributed by atoms with Crippen molar-refractivity contribution in [1.82, 2.24) is 0 Å². The van der Waals surface area contributed by atoms with Crippen LogP contribution < -0.4 is 10.1 Å². The number of benzene rings is 2. The summed E-state index contributed by atoms with van der Waals surface area (Å²) in [4.78, 5) is 0. The average Bonchev–Trinajstić information content (AvgIpc) is 3.32. The third-order valence-corrected chi connectivity index (χ3v) is 4.36. The Bertz CT molecular complexity index is 623. The van der Waals surface area contributed by atoms with Crippen molar-refractivity contribution in [1.29, 1.82) is 0 Å². The van der Waals surface area contributed by atoms with E-state index in [1.807, 2.05) is 30.3 Å². The fourth-order valence-corrected chi connectivity index (χ4v) is 2.82. The van der Waals surface area contributed by atoms with Crippen molar-refractivity contribution >= 4 is 28.9 Å². The predicted molar refractivity (Wildman–Crippen MR) is 88.5 cm³/mol. The van der Waals surface area contributed by atoms with E-state index in [0.29, 0.717) is 22.7 Å². The van der Waals surface area contributed by atoms with Gasteiger partial charge in [0.2, 0.25) is 0 Å². The van der Waals surface area contributed by atoms with Crippen molar-refractivity contribution in [2.45, 2.75) is 18.9 Å². The zero-order valence-corrected chi connectivity index (χ0v) is 13.3. The zero-order valence-electron chi connectivity index (χ0n) is 11.8. The van der Waals surface area contributed by atoms with E-state index in [9.17, 15) is 0 Å². The smallest absolute Gasteiger partial charge is 0.139 e. The molecule has 1 aliphatic carbocycles.